The number of carbonyl (C=O) groups is 1. The molecule has 0 N–H and O–H groups in total. The lowest BCUT2D eigenvalue weighted by molar-refractivity contribution is 0.0988. The van der Waals surface area contributed by atoms with Crippen LogP contribution in [0.5, 0.6) is 0 Å². The highest BCUT2D eigenvalue weighted by molar-refractivity contribution is 6.04. The highest BCUT2D eigenvalue weighted by Gasteiger charge is 2.20. The van der Waals surface area contributed by atoms with Crippen LogP contribution in [-0.2, 0) is 0 Å². The summed E-state index contributed by atoms with van der Waals surface area (Å²) in [5.74, 6) is 0.647. The molecule has 0 bridgehead atoms. The van der Waals surface area contributed by atoms with E-state index in [4.69, 9.17) is 0 Å². The molecular weight excluding hydrogens is 352 g/mol. The van der Waals surface area contributed by atoms with Gasteiger partial charge >= 0.3 is 0 Å². The van der Waals surface area contributed by atoms with Crippen molar-refractivity contribution in [3.05, 3.63) is 72.8 Å². The van der Waals surface area contributed by atoms with Crippen LogP contribution in [0.25, 0.3) is 0 Å². The Morgan fingerprint density at radius 1 is 0.857 bits per heavy atom. The molecule has 28 heavy (non-hydrogen) atoms. The summed E-state index contributed by atoms with van der Waals surface area (Å²) in [6.07, 6.45) is 5.31. The van der Waals surface area contributed by atoms with Crippen molar-refractivity contribution >= 4 is 23.2 Å². The lowest BCUT2D eigenvalue weighted by atomic mass is 10.2. The smallest absolute Gasteiger partial charge is 0.276 e. The van der Waals surface area contributed by atoms with Crippen molar-refractivity contribution in [2.24, 2.45) is 0 Å². The molecule has 142 valence electrons. The SMILES string of the molecule is CN(C(=O)c1ccc(N2CCN(c3ncccn3)CC2)cn1)c1ccccc1. The standard InChI is InChI=1S/C21H22N6O/c1-25(17-6-3-2-4-7-17)20(28)19-9-8-18(16-24-19)26-12-14-27(15-13-26)21-22-10-5-11-23-21/h2-11,16H,12-15H2,1H3. The van der Waals surface area contributed by atoms with Crippen molar-refractivity contribution in [2.45, 2.75) is 0 Å². The first-order valence-electron chi connectivity index (χ1n) is 9.28. The van der Waals surface area contributed by atoms with Gasteiger partial charge in [0.05, 0.1) is 11.9 Å². The second-order valence-electron chi connectivity index (χ2n) is 6.62. The van der Waals surface area contributed by atoms with E-state index in [1.54, 1.807) is 36.6 Å². The van der Waals surface area contributed by atoms with Gasteiger partial charge in [-0.3, -0.25) is 4.79 Å². The summed E-state index contributed by atoms with van der Waals surface area (Å²) in [7, 11) is 1.76. The maximum Gasteiger partial charge on any atom is 0.276 e. The zero-order valence-electron chi connectivity index (χ0n) is 15.8. The quantitative estimate of drug-likeness (QED) is 0.699. The third kappa shape index (κ3) is 3.78. The molecule has 7 heteroatoms. The number of pyridine rings is 1. The van der Waals surface area contributed by atoms with E-state index in [2.05, 4.69) is 24.8 Å². The Kier molecular flexibility index (Phi) is 5.14. The first-order valence-corrected chi connectivity index (χ1v) is 9.28. The van der Waals surface area contributed by atoms with Crippen molar-refractivity contribution in [2.75, 3.05) is 47.9 Å². The number of para-hydroxylation sites is 1. The fourth-order valence-corrected chi connectivity index (χ4v) is 3.26. The Balaban J connectivity index is 1.39. The van der Waals surface area contributed by atoms with E-state index in [1.165, 1.54) is 0 Å². The Labute approximate surface area is 164 Å². The number of aromatic nitrogens is 3. The number of anilines is 3. The lowest BCUT2D eigenvalue weighted by Gasteiger charge is -2.35. The highest BCUT2D eigenvalue weighted by atomic mass is 16.2. The minimum absolute atomic E-state index is 0.121. The van der Waals surface area contributed by atoms with Gasteiger partial charge in [0, 0.05) is 51.3 Å². The van der Waals surface area contributed by atoms with Gasteiger partial charge in [-0.05, 0) is 30.3 Å². The number of hydrogen-bond donors (Lipinski definition) is 0. The maximum absolute atomic E-state index is 12.7. The molecule has 0 atom stereocenters. The molecule has 2 aromatic heterocycles. The van der Waals surface area contributed by atoms with E-state index >= 15 is 0 Å². The van der Waals surface area contributed by atoms with Crippen LogP contribution >= 0.6 is 0 Å². The van der Waals surface area contributed by atoms with Gasteiger partial charge in [0.2, 0.25) is 5.95 Å². The van der Waals surface area contributed by atoms with Crippen molar-refractivity contribution in [3.63, 3.8) is 0 Å². The first kappa shape index (κ1) is 17.9. The van der Waals surface area contributed by atoms with E-state index < -0.39 is 0 Å². The molecule has 4 rings (SSSR count). The molecule has 1 aliphatic rings. The lowest BCUT2D eigenvalue weighted by Crippen LogP contribution is -2.47. The van der Waals surface area contributed by atoms with Gasteiger partial charge in [-0.2, -0.15) is 0 Å². The molecule has 0 aliphatic carbocycles. The van der Waals surface area contributed by atoms with Gasteiger partial charge in [0.25, 0.3) is 5.91 Å². The number of benzene rings is 1. The summed E-state index contributed by atoms with van der Waals surface area (Å²) in [6, 6.07) is 15.1. The predicted molar refractivity (Wildman–Crippen MR) is 110 cm³/mol. The van der Waals surface area contributed by atoms with Crippen LogP contribution in [-0.4, -0.2) is 54.1 Å². The Bertz CT molecular complexity index is 909. The summed E-state index contributed by atoms with van der Waals surface area (Å²) in [5.41, 5.74) is 2.30. The van der Waals surface area contributed by atoms with Crippen LogP contribution in [0.1, 0.15) is 10.5 Å². The monoisotopic (exact) mass is 374 g/mol. The summed E-state index contributed by atoms with van der Waals surface area (Å²) >= 11 is 0. The van der Waals surface area contributed by atoms with Crippen LogP contribution in [0.4, 0.5) is 17.3 Å². The van der Waals surface area contributed by atoms with Crippen molar-refractivity contribution in [1.82, 2.24) is 15.0 Å². The predicted octanol–water partition coefficient (Wildman–Crippen LogP) is 2.47. The van der Waals surface area contributed by atoms with E-state index in [9.17, 15) is 4.79 Å². The molecule has 3 heterocycles. The Hall–Kier alpha value is -3.48. The molecule has 0 radical (unpaired) electrons. The fourth-order valence-electron chi connectivity index (χ4n) is 3.26. The number of nitrogens with zero attached hydrogens (tertiary/aromatic N) is 6. The average Bonchev–Trinajstić information content (AvgIpc) is 2.79. The number of hydrogen-bond acceptors (Lipinski definition) is 6. The van der Waals surface area contributed by atoms with Crippen LogP contribution in [0.15, 0.2) is 67.1 Å². The zero-order valence-corrected chi connectivity index (χ0v) is 15.8. The second-order valence-corrected chi connectivity index (χ2v) is 6.62. The van der Waals surface area contributed by atoms with Crippen LogP contribution in [0.2, 0.25) is 0 Å². The van der Waals surface area contributed by atoms with Crippen LogP contribution < -0.4 is 14.7 Å². The van der Waals surface area contributed by atoms with E-state index in [0.29, 0.717) is 5.69 Å². The summed E-state index contributed by atoms with van der Waals surface area (Å²) in [6.45, 7) is 3.41. The molecule has 7 nitrogen and oxygen atoms in total. The zero-order chi connectivity index (χ0) is 19.3. The third-order valence-corrected chi connectivity index (χ3v) is 4.89. The van der Waals surface area contributed by atoms with E-state index in [-0.39, 0.29) is 5.91 Å². The second kappa shape index (κ2) is 8.04. The summed E-state index contributed by atoms with van der Waals surface area (Å²) in [4.78, 5) is 31.8. The molecule has 1 amide bonds. The fraction of sp³-hybridized carbons (Fsp3) is 0.238. The third-order valence-electron chi connectivity index (χ3n) is 4.89. The van der Waals surface area contributed by atoms with Crippen molar-refractivity contribution < 1.29 is 4.79 Å². The van der Waals surface area contributed by atoms with E-state index in [1.807, 2.05) is 42.5 Å². The van der Waals surface area contributed by atoms with E-state index in [0.717, 1.165) is 43.5 Å². The number of rotatable bonds is 4. The maximum atomic E-state index is 12.7. The largest absolute Gasteiger partial charge is 0.367 e. The molecule has 1 fully saturated rings. The number of amides is 1. The average molecular weight is 374 g/mol. The summed E-state index contributed by atoms with van der Waals surface area (Å²) in [5, 5.41) is 0. The minimum atomic E-state index is -0.121. The minimum Gasteiger partial charge on any atom is -0.367 e. The molecule has 0 saturated carbocycles. The topological polar surface area (TPSA) is 65.5 Å². The van der Waals surface area contributed by atoms with Crippen molar-refractivity contribution in [3.8, 4) is 0 Å². The van der Waals surface area contributed by atoms with Gasteiger partial charge < -0.3 is 14.7 Å². The van der Waals surface area contributed by atoms with Gasteiger partial charge in [0.1, 0.15) is 5.69 Å². The molecular formula is C21H22N6O. The normalized spacial score (nSPS) is 14.0. The Morgan fingerprint density at radius 3 is 2.18 bits per heavy atom. The van der Waals surface area contributed by atoms with Crippen LogP contribution in [0.3, 0.4) is 0 Å². The molecule has 3 aromatic rings. The molecule has 0 spiro atoms. The van der Waals surface area contributed by atoms with Crippen LogP contribution in [0, 0.1) is 0 Å². The van der Waals surface area contributed by atoms with Gasteiger partial charge in [-0.1, -0.05) is 18.2 Å². The Morgan fingerprint density at radius 2 is 1.54 bits per heavy atom. The van der Waals surface area contributed by atoms with Gasteiger partial charge in [0.15, 0.2) is 0 Å². The highest BCUT2D eigenvalue weighted by Crippen LogP contribution is 2.19. The van der Waals surface area contributed by atoms with Gasteiger partial charge in [-0.15, -0.1) is 0 Å². The molecule has 1 aromatic carbocycles. The molecule has 1 saturated heterocycles. The first-order chi connectivity index (χ1) is 13.7. The molecule has 0 unspecified atom stereocenters. The molecule has 1 aliphatic heterocycles. The number of piperazine rings is 1. The summed E-state index contributed by atoms with van der Waals surface area (Å²) < 4.78 is 0. The van der Waals surface area contributed by atoms with Gasteiger partial charge in [-0.25, -0.2) is 15.0 Å². The number of carbonyl (C=O) groups excluding carboxylic acids is 1. The van der Waals surface area contributed by atoms with Crippen molar-refractivity contribution in [1.29, 1.82) is 0 Å².